The van der Waals surface area contributed by atoms with E-state index in [2.05, 4.69) is 46.8 Å². The fourth-order valence-electron chi connectivity index (χ4n) is 1.50. The molecule has 0 heterocycles. The van der Waals surface area contributed by atoms with Gasteiger partial charge in [-0.25, -0.2) is 0 Å². The molecule has 0 fully saturated rings. The van der Waals surface area contributed by atoms with Gasteiger partial charge < -0.3 is 15.4 Å². The van der Waals surface area contributed by atoms with E-state index in [1.165, 1.54) is 11.1 Å². The van der Waals surface area contributed by atoms with E-state index in [1.807, 2.05) is 6.92 Å². The summed E-state index contributed by atoms with van der Waals surface area (Å²) in [6.07, 6.45) is 0. The molecule has 0 saturated heterocycles. The van der Waals surface area contributed by atoms with E-state index in [0.717, 1.165) is 25.7 Å². The van der Waals surface area contributed by atoms with Gasteiger partial charge in [0.25, 0.3) is 0 Å². The Bertz CT molecular complexity index is 365. The van der Waals surface area contributed by atoms with Crippen molar-refractivity contribution in [1.82, 2.24) is 10.6 Å². The maximum Gasteiger partial charge on any atom is 0.191 e. The summed E-state index contributed by atoms with van der Waals surface area (Å²) in [6.45, 7) is 7.06. The van der Waals surface area contributed by atoms with Gasteiger partial charge in [-0.05, 0) is 19.4 Å². The lowest BCUT2D eigenvalue weighted by atomic mass is 10.1. The molecule has 5 heteroatoms. The van der Waals surface area contributed by atoms with Crippen LogP contribution < -0.4 is 10.6 Å². The monoisotopic (exact) mass is 377 g/mol. The summed E-state index contributed by atoms with van der Waals surface area (Å²) in [5.41, 5.74) is 2.52. The highest BCUT2D eigenvalue weighted by molar-refractivity contribution is 14.0. The van der Waals surface area contributed by atoms with Gasteiger partial charge in [-0.2, -0.15) is 0 Å². The summed E-state index contributed by atoms with van der Waals surface area (Å²) in [7, 11) is 1.77. The number of ether oxygens (including phenoxy) is 1. The van der Waals surface area contributed by atoms with Crippen LogP contribution in [0.2, 0.25) is 0 Å². The largest absolute Gasteiger partial charge is 0.380 e. The summed E-state index contributed by atoms with van der Waals surface area (Å²) in [5.74, 6) is 0.801. The standard InChI is InChI=1S/C14H23N3O.HI/c1-4-18-10-9-16-14(15-3)17-11-13-7-5-12(2)6-8-13;/h5-8H,4,9-11H2,1-3H3,(H2,15,16,17);1H. The van der Waals surface area contributed by atoms with E-state index >= 15 is 0 Å². The number of rotatable bonds is 6. The van der Waals surface area contributed by atoms with Gasteiger partial charge in [0.1, 0.15) is 0 Å². The normalized spacial score (nSPS) is 10.8. The molecule has 108 valence electrons. The molecule has 0 aliphatic carbocycles. The molecule has 0 saturated carbocycles. The maximum atomic E-state index is 5.26. The van der Waals surface area contributed by atoms with Crippen LogP contribution in [0.5, 0.6) is 0 Å². The number of hydrogen-bond donors (Lipinski definition) is 2. The summed E-state index contributed by atoms with van der Waals surface area (Å²) in [5, 5.41) is 6.47. The topological polar surface area (TPSA) is 45.6 Å². The summed E-state index contributed by atoms with van der Waals surface area (Å²) in [6, 6.07) is 8.47. The molecule has 0 atom stereocenters. The second-order valence-electron chi connectivity index (χ2n) is 4.04. The van der Waals surface area contributed by atoms with Crippen LogP contribution >= 0.6 is 24.0 Å². The van der Waals surface area contributed by atoms with Crippen molar-refractivity contribution < 1.29 is 4.74 Å². The second kappa shape index (κ2) is 11.0. The Morgan fingerprint density at radius 2 is 1.89 bits per heavy atom. The zero-order valence-corrected chi connectivity index (χ0v) is 14.2. The molecule has 4 nitrogen and oxygen atoms in total. The van der Waals surface area contributed by atoms with Gasteiger partial charge >= 0.3 is 0 Å². The third kappa shape index (κ3) is 8.05. The van der Waals surface area contributed by atoms with E-state index < -0.39 is 0 Å². The Labute approximate surface area is 133 Å². The minimum absolute atomic E-state index is 0. The molecule has 0 unspecified atom stereocenters. The third-order valence-electron chi connectivity index (χ3n) is 2.55. The van der Waals surface area contributed by atoms with Crippen molar-refractivity contribution in [2.24, 2.45) is 4.99 Å². The average Bonchev–Trinajstić information content (AvgIpc) is 2.40. The lowest BCUT2D eigenvalue weighted by Crippen LogP contribution is -2.38. The summed E-state index contributed by atoms with van der Waals surface area (Å²) >= 11 is 0. The Balaban J connectivity index is 0.00000324. The molecule has 0 amide bonds. The molecule has 1 aromatic carbocycles. The highest BCUT2D eigenvalue weighted by Gasteiger charge is 1.97. The highest BCUT2D eigenvalue weighted by atomic mass is 127. The van der Waals surface area contributed by atoms with Gasteiger partial charge in [-0.15, -0.1) is 24.0 Å². The zero-order valence-electron chi connectivity index (χ0n) is 11.9. The first-order chi connectivity index (χ1) is 8.76. The molecule has 1 rings (SSSR count). The highest BCUT2D eigenvalue weighted by Crippen LogP contribution is 2.02. The molecular weight excluding hydrogens is 353 g/mol. The van der Waals surface area contributed by atoms with Gasteiger partial charge in [0.2, 0.25) is 0 Å². The number of aryl methyl sites for hydroxylation is 1. The maximum absolute atomic E-state index is 5.26. The predicted octanol–water partition coefficient (Wildman–Crippen LogP) is 2.31. The Morgan fingerprint density at radius 3 is 2.47 bits per heavy atom. The fraction of sp³-hybridized carbons (Fsp3) is 0.500. The number of nitrogens with zero attached hydrogens (tertiary/aromatic N) is 1. The average molecular weight is 377 g/mol. The van der Waals surface area contributed by atoms with Gasteiger partial charge in [-0.1, -0.05) is 29.8 Å². The fourth-order valence-corrected chi connectivity index (χ4v) is 1.50. The van der Waals surface area contributed by atoms with Crippen LogP contribution in [0.4, 0.5) is 0 Å². The molecule has 0 aromatic heterocycles. The second-order valence-corrected chi connectivity index (χ2v) is 4.04. The van der Waals surface area contributed by atoms with Crippen LogP contribution in [0.25, 0.3) is 0 Å². The smallest absolute Gasteiger partial charge is 0.191 e. The first-order valence-corrected chi connectivity index (χ1v) is 6.34. The van der Waals surface area contributed by atoms with Crippen molar-refractivity contribution in [2.75, 3.05) is 26.8 Å². The first kappa shape index (κ1) is 18.2. The van der Waals surface area contributed by atoms with Crippen molar-refractivity contribution in [2.45, 2.75) is 20.4 Å². The number of hydrogen-bond acceptors (Lipinski definition) is 2. The molecule has 0 aliphatic heterocycles. The molecular formula is C14H24IN3O. The van der Waals surface area contributed by atoms with Crippen LogP contribution in [0.1, 0.15) is 18.1 Å². The molecule has 0 radical (unpaired) electrons. The van der Waals surface area contributed by atoms with Crippen LogP contribution in [0, 0.1) is 6.92 Å². The van der Waals surface area contributed by atoms with Crippen molar-refractivity contribution in [3.63, 3.8) is 0 Å². The van der Waals surface area contributed by atoms with Crippen LogP contribution in [-0.2, 0) is 11.3 Å². The quantitative estimate of drug-likeness (QED) is 0.346. The van der Waals surface area contributed by atoms with E-state index in [-0.39, 0.29) is 24.0 Å². The van der Waals surface area contributed by atoms with Crippen LogP contribution in [-0.4, -0.2) is 32.8 Å². The van der Waals surface area contributed by atoms with Gasteiger partial charge in [0.05, 0.1) is 6.61 Å². The molecule has 0 bridgehead atoms. The van der Waals surface area contributed by atoms with Crippen LogP contribution in [0.3, 0.4) is 0 Å². The lowest BCUT2D eigenvalue weighted by molar-refractivity contribution is 0.152. The van der Waals surface area contributed by atoms with Crippen molar-refractivity contribution in [3.05, 3.63) is 35.4 Å². The molecule has 1 aromatic rings. The van der Waals surface area contributed by atoms with Crippen molar-refractivity contribution >= 4 is 29.9 Å². The SMILES string of the molecule is CCOCCNC(=NC)NCc1ccc(C)cc1.I. The van der Waals surface area contributed by atoms with E-state index in [1.54, 1.807) is 7.05 Å². The molecule has 19 heavy (non-hydrogen) atoms. The van der Waals surface area contributed by atoms with Crippen molar-refractivity contribution in [3.8, 4) is 0 Å². The van der Waals surface area contributed by atoms with Crippen LogP contribution in [0.15, 0.2) is 29.3 Å². The molecule has 0 aliphatic rings. The Hall–Kier alpha value is -0.820. The van der Waals surface area contributed by atoms with E-state index in [9.17, 15) is 0 Å². The minimum atomic E-state index is 0. The lowest BCUT2D eigenvalue weighted by Gasteiger charge is -2.11. The van der Waals surface area contributed by atoms with Gasteiger partial charge in [0, 0.05) is 26.7 Å². The number of nitrogens with one attached hydrogen (secondary N) is 2. The number of benzene rings is 1. The summed E-state index contributed by atoms with van der Waals surface area (Å²) < 4.78 is 5.26. The Kier molecular flexibility index (Phi) is 10.6. The third-order valence-corrected chi connectivity index (χ3v) is 2.55. The van der Waals surface area contributed by atoms with Crippen molar-refractivity contribution in [1.29, 1.82) is 0 Å². The Morgan fingerprint density at radius 1 is 1.21 bits per heavy atom. The number of guanidine groups is 1. The van der Waals surface area contributed by atoms with E-state index in [0.29, 0.717) is 6.61 Å². The number of aliphatic imine (C=N–C) groups is 1. The summed E-state index contributed by atoms with van der Waals surface area (Å²) in [4.78, 5) is 4.16. The zero-order chi connectivity index (χ0) is 13.2. The predicted molar refractivity (Wildman–Crippen MR) is 91.3 cm³/mol. The van der Waals surface area contributed by atoms with Gasteiger partial charge in [0.15, 0.2) is 5.96 Å². The van der Waals surface area contributed by atoms with E-state index in [4.69, 9.17) is 4.74 Å². The van der Waals surface area contributed by atoms with Gasteiger partial charge in [-0.3, -0.25) is 4.99 Å². The molecule has 0 spiro atoms. The first-order valence-electron chi connectivity index (χ1n) is 6.34. The molecule has 2 N–H and O–H groups in total. The minimum Gasteiger partial charge on any atom is -0.380 e. The number of halogens is 1.